The van der Waals surface area contributed by atoms with Crippen molar-refractivity contribution in [1.29, 1.82) is 0 Å². The third-order valence-electron chi connectivity index (χ3n) is 4.68. The van der Waals surface area contributed by atoms with E-state index in [1.807, 2.05) is 26.0 Å². The summed E-state index contributed by atoms with van der Waals surface area (Å²) in [4.78, 5) is 40.0. The van der Waals surface area contributed by atoms with Gasteiger partial charge in [0.1, 0.15) is 5.69 Å². The van der Waals surface area contributed by atoms with E-state index in [0.717, 1.165) is 5.69 Å². The number of hydrogen-bond acceptors (Lipinski definition) is 6. The Morgan fingerprint density at radius 3 is 2.50 bits per heavy atom. The molecule has 32 heavy (non-hydrogen) atoms. The summed E-state index contributed by atoms with van der Waals surface area (Å²) in [5.41, 5.74) is 1.72. The van der Waals surface area contributed by atoms with E-state index in [-0.39, 0.29) is 28.9 Å². The third kappa shape index (κ3) is 5.45. The molecule has 0 spiro atoms. The van der Waals surface area contributed by atoms with Crippen LogP contribution in [-0.4, -0.2) is 28.3 Å². The zero-order valence-corrected chi connectivity index (χ0v) is 17.7. The molecular formula is C23H23N5O4. The number of amides is 2. The molecule has 0 aliphatic rings. The van der Waals surface area contributed by atoms with Crippen molar-refractivity contribution in [1.82, 2.24) is 10.3 Å². The second kappa shape index (κ2) is 10.2. The molecule has 0 saturated heterocycles. The lowest BCUT2D eigenvalue weighted by Gasteiger charge is -2.15. The van der Waals surface area contributed by atoms with Crippen LogP contribution in [-0.2, 0) is 0 Å². The van der Waals surface area contributed by atoms with Crippen LogP contribution >= 0.6 is 0 Å². The van der Waals surface area contributed by atoms with Crippen LogP contribution in [0.3, 0.4) is 0 Å². The van der Waals surface area contributed by atoms with E-state index in [4.69, 9.17) is 0 Å². The Morgan fingerprint density at radius 2 is 1.81 bits per heavy atom. The molecular weight excluding hydrogens is 410 g/mol. The van der Waals surface area contributed by atoms with Gasteiger partial charge >= 0.3 is 0 Å². The Hall–Kier alpha value is -4.27. The van der Waals surface area contributed by atoms with E-state index >= 15 is 0 Å². The number of nitrogens with one attached hydrogen (secondary N) is 3. The van der Waals surface area contributed by atoms with E-state index in [9.17, 15) is 19.7 Å². The van der Waals surface area contributed by atoms with Crippen molar-refractivity contribution in [3.05, 3.63) is 93.8 Å². The summed E-state index contributed by atoms with van der Waals surface area (Å²) in [6.07, 6.45) is 1.65. The highest BCUT2D eigenvalue weighted by Crippen LogP contribution is 2.29. The number of nitro benzene ring substituents is 1. The number of nitro groups is 1. The molecule has 1 unspecified atom stereocenters. The molecule has 1 aromatic heterocycles. The SMILES string of the molecule is CCNC(=O)c1cccc(NC(=O)c2ccc(NC(C)c3ccccn3)c([N+](=O)[O-])c2)c1. The minimum Gasteiger partial charge on any atom is -0.371 e. The highest BCUT2D eigenvalue weighted by atomic mass is 16.6. The molecule has 1 atom stereocenters. The number of anilines is 2. The van der Waals surface area contributed by atoms with Crippen molar-refractivity contribution < 1.29 is 14.5 Å². The number of benzene rings is 2. The molecule has 164 valence electrons. The molecule has 0 radical (unpaired) electrons. The number of carbonyl (C=O) groups is 2. The number of aromatic nitrogens is 1. The van der Waals surface area contributed by atoms with Crippen molar-refractivity contribution in [3.63, 3.8) is 0 Å². The van der Waals surface area contributed by atoms with Crippen molar-refractivity contribution in [2.75, 3.05) is 17.2 Å². The molecule has 0 bridgehead atoms. The van der Waals surface area contributed by atoms with Gasteiger partial charge in [0.15, 0.2) is 0 Å². The number of hydrogen-bond donors (Lipinski definition) is 3. The van der Waals surface area contributed by atoms with Gasteiger partial charge in [0, 0.05) is 35.6 Å². The van der Waals surface area contributed by atoms with Gasteiger partial charge in [-0.05, 0) is 56.3 Å². The average molecular weight is 433 g/mol. The molecule has 0 saturated carbocycles. The smallest absolute Gasteiger partial charge is 0.293 e. The van der Waals surface area contributed by atoms with Gasteiger partial charge in [-0.1, -0.05) is 12.1 Å². The van der Waals surface area contributed by atoms with Crippen LogP contribution in [0.15, 0.2) is 66.9 Å². The molecule has 0 fully saturated rings. The monoisotopic (exact) mass is 433 g/mol. The lowest BCUT2D eigenvalue weighted by Crippen LogP contribution is -2.22. The third-order valence-corrected chi connectivity index (χ3v) is 4.68. The number of pyridine rings is 1. The summed E-state index contributed by atoms with van der Waals surface area (Å²) in [7, 11) is 0. The largest absolute Gasteiger partial charge is 0.371 e. The van der Waals surface area contributed by atoms with Gasteiger partial charge in [-0.3, -0.25) is 24.7 Å². The lowest BCUT2D eigenvalue weighted by atomic mass is 10.1. The molecule has 2 amide bonds. The molecule has 1 heterocycles. The van der Waals surface area contributed by atoms with Gasteiger partial charge in [-0.25, -0.2) is 0 Å². The predicted molar refractivity (Wildman–Crippen MR) is 122 cm³/mol. The number of carbonyl (C=O) groups excluding carboxylic acids is 2. The first-order chi connectivity index (χ1) is 15.4. The van der Waals surface area contributed by atoms with Gasteiger partial charge in [0.2, 0.25) is 0 Å². The fourth-order valence-corrected chi connectivity index (χ4v) is 3.09. The van der Waals surface area contributed by atoms with E-state index in [1.165, 1.54) is 18.2 Å². The molecule has 3 aromatic rings. The molecule has 0 aliphatic heterocycles. The summed E-state index contributed by atoms with van der Waals surface area (Å²) < 4.78 is 0. The maximum absolute atomic E-state index is 12.7. The molecule has 3 rings (SSSR count). The van der Waals surface area contributed by atoms with Gasteiger partial charge in [0.25, 0.3) is 17.5 Å². The van der Waals surface area contributed by atoms with Gasteiger partial charge < -0.3 is 16.0 Å². The summed E-state index contributed by atoms with van der Waals surface area (Å²) >= 11 is 0. The maximum atomic E-state index is 12.7. The Bertz CT molecular complexity index is 1130. The van der Waals surface area contributed by atoms with Crippen molar-refractivity contribution in [2.24, 2.45) is 0 Å². The van der Waals surface area contributed by atoms with Gasteiger partial charge in [-0.2, -0.15) is 0 Å². The molecule has 3 N–H and O–H groups in total. The van der Waals surface area contributed by atoms with E-state index in [2.05, 4.69) is 20.9 Å². The molecule has 2 aromatic carbocycles. The lowest BCUT2D eigenvalue weighted by molar-refractivity contribution is -0.384. The fourth-order valence-electron chi connectivity index (χ4n) is 3.09. The zero-order chi connectivity index (χ0) is 23.1. The van der Waals surface area contributed by atoms with Crippen LogP contribution in [0.2, 0.25) is 0 Å². The standard InChI is InChI=1S/C23H23N5O4/c1-3-24-22(29)16-7-6-8-18(13-16)27-23(30)17-10-11-20(21(14-17)28(31)32)26-15(2)19-9-4-5-12-25-19/h4-15,26H,3H2,1-2H3,(H,24,29)(H,27,30). The summed E-state index contributed by atoms with van der Waals surface area (Å²) in [5, 5.41) is 20.1. The minimum absolute atomic E-state index is 0.121. The fraction of sp³-hybridized carbons (Fsp3) is 0.174. The first-order valence-electron chi connectivity index (χ1n) is 10.0. The molecule has 9 nitrogen and oxygen atoms in total. The second-order valence-corrected chi connectivity index (χ2v) is 7.00. The van der Waals surface area contributed by atoms with Crippen LogP contribution in [0, 0.1) is 10.1 Å². The van der Waals surface area contributed by atoms with Crippen molar-refractivity contribution >= 4 is 28.9 Å². The first kappa shape index (κ1) is 22.4. The highest BCUT2D eigenvalue weighted by molar-refractivity contribution is 6.06. The Labute approximate surface area is 185 Å². The Morgan fingerprint density at radius 1 is 1.03 bits per heavy atom. The van der Waals surface area contributed by atoms with Crippen LogP contribution < -0.4 is 16.0 Å². The summed E-state index contributed by atoms with van der Waals surface area (Å²) in [6, 6.07) is 15.9. The minimum atomic E-state index is -0.542. The second-order valence-electron chi connectivity index (χ2n) is 7.00. The van der Waals surface area contributed by atoms with Crippen LogP contribution in [0.25, 0.3) is 0 Å². The molecule has 0 aliphatic carbocycles. The van der Waals surface area contributed by atoms with Gasteiger partial charge in [-0.15, -0.1) is 0 Å². The topological polar surface area (TPSA) is 126 Å². The van der Waals surface area contributed by atoms with Crippen molar-refractivity contribution in [2.45, 2.75) is 19.9 Å². The van der Waals surface area contributed by atoms with Crippen LogP contribution in [0.1, 0.15) is 46.3 Å². The van der Waals surface area contributed by atoms with Crippen molar-refractivity contribution in [3.8, 4) is 0 Å². The zero-order valence-electron chi connectivity index (χ0n) is 17.7. The van der Waals surface area contributed by atoms with E-state index < -0.39 is 10.8 Å². The Kier molecular flexibility index (Phi) is 7.12. The number of rotatable bonds is 8. The summed E-state index contributed by atoms with van der Waals surface area (Å²) in [6.45, 7) is 4.14. The van der Waals surface area contributed by atoms with Crippen LogP contribution in [0.5, 0.6) is 0 Å². The number of nitrogens with zero attached hydrogens (tertiary/aromatic N) is 2. The quantitative estimate of drug-likeness (QED) is 0.362. The van der Waals surface area contributed by atoms with E-state index in [0.29, 0.717) is 17.8 Å². The summed E-state index contributed by atoms with van der Waals surface area (Å²) in [5.74, 6) is -0.776. The van der Waals surface area contributed by atoms with Crippen LogP contribution in [0.4, 0.5) is 17.1 Å². The Balaban J connectivity index is 1.79. The predicted octanol–water partition coefficient (Wildman–Crippen LogP) is 4.16. The normalized spacial score (nSPS) is 11.3. The first-order valence-corrected chi connectivity index (χ1v) is 10.0. The average Bonchev–Trinajstić information content (AvgIpc) is 2.80. The van der Waals surface area contributed by atoms with Gasteiger partial charge in [0.05, 0.1) is 16.7 Å². The highest BCUT2D eigenvalue weighted by Gasteiger charge is 2.20. The maximum Gasteiger partial charge on any atom is 0.293 e. The molecule has 9 heteroatoms. The van der Waals surface area contributed by atoms with E-state index in [1.54, 1.807) is 36.5 Å².